The summed E-state index contributed by atoms with van der Waals surface area (Å²) in [6.07, 6.45) is 0.451. The zero-order valence-electron chi connectivity index (χ0n) is 7.42. The van der Waals surface area contributed by atoms with Gasteiger partial charge in [-0.3, -0.25) is 0 Å². The molecule has 1 aromatic rings. The van der Waals surface area contributed by atoms with Crippen molar-refractivity contribution in [2.45, 2.75) is 25.5 Å². The molecule has 1 aliphatic rings. The fourth-order valence-electron chi connectivity index (χ4n) is 1.73. The van der Waals surface area contributed by atoms with Crippen LogP contribution in [0.3, 0.4) is 0 Å². The molecule has 0 amide bonds. The molecule has 0 fully saturated rings. The Morgan fingerprint density at radius 2 is 2.31 bits per heavy atom. The summed E-state index contributed by atoms with van der Waals surface area (Å²) in [5.74, 6) is 0. The molecule has 0 bridgehead atoms. The highest BCUT2D eigenvalue weighted by molar-refractivity contribution is 9.10. The maximum Gasteiger partial charge on any atom is 0.0829 e. The summed E-state index contributed by atoms with van der Waals surface area (Å²) in [5.41, 5.74) is 2.04. The lowest BCUT2D eigenvalue weighted by molar-refractivity contribution is 0.158. The van der Waals surface area contributed by atoms with Crippen LogP contribution in [-0.4, -0.2) is 11.1 Å². The third-order valence-electron chi connectivity index (χ3n) is 2.35. The number of aliphatic hydroxyl groups excluding tert-OH is 1. The largest absolute Gasteiger partial charge is 0.388 e. The summed E-state index contributed by atoms with van der Waals surface area (Å²) < 4.78 is 1.02. The minimum absolute atomic E-state index is 0.330. The maximum absolute atomic E-state index is 9.80. The van der Waals surface area contributed by atoms with Crippen molar-refractivity contribution in [3.8, 4) is 0 Å². The van der Waals surface area contributed by atoms with E-state index in [2.05, 4.69) is 28.2 Å². The van der Waals surface area contributed by atoms with Crippen molar-refractivity contribution in [2.24, 2.45) is 0 Å². The van der Waals surface area contributed by atoms with Gasteiger partial charge in [-0.2, -0.15) is 0 Å². The third kappa shape index (κ3) is 1.71. The molecule has 2 N–H and O–H groups in total. The molecular formula is C10H12BrNO. The Kier molecular flexibility index (Phi) is 2.30. The number of hydrogen-bond donors (Lipinski definition) is 2. The molecule has 1 heterocycles. The molecule has 0 aromatic heterocycles. The molecule has 0 unspecified atom stereocenters. The molecule has 0 saturated carbocycles. The molecule has 0 spiro atoms. The Bertz CT molecular complexity index is 327. The zero-order chi connectivity index (χ0) is 9.42. The van der Waals surface area contributed by atoms with Crippen molar-refractivity contribution in [2.75, 3.05) is 5.32 Å². The van der Waals surface area contributed by atoms with E-state index in [1.54, 1.807) is 0 Å². The highest BCUT2D eigenvalue weighted by Crippen LogP contribution is 2.33. The van der Waals surface area contributed by atoms with E-state index in [9.17, 15) is 5.11 Å². The van der Waals surface area contributed by atoms with Gasteiger partial charge in [-0.25, -0.2) is 0 Å². The Morgan fingerprint density at radius 3 is 3.08 bits per heavy atom. The molecule has 0 aliphatic carbocycles. The predicted molar refractivity (Wildman–Crippen MR) is 56.8 cm³/mol. The van der Waals surface area contributed by atoms with Crippen LogP contribution in [0, 0.1) is 0 Å². The van der Waals surface area contributed by atoms with E-state index in [1.807, 2.05) is 18.2 Å². The number of halogens is 1. The summed E-state index contributed by atoms with van der Waals surface area (Å²) in [7, 11) is 0. The van der Waals surface area contributed by atoms with Crippen molar-refractivity contribution in [3.63, 3.8) is 0 Å². The van der Waals surface area contributed by atoms with Gasteiger partial charge in [0.1, 0.15) is 0 Å². The molecule has 3 heteroatoms. The van der Waals surface area contributed by atoms with Gasteiger partial charge < -0.3 is 10.4 Å². The minimum atomic E-state index is -0.330. The SMILES string of the molecule is C[C@@H]1C[C@H](O)c2cc(Br)ccc2N1. The van der Waals surface area contributed by atoms with Crippen molar-refractivity contribution in [1.29, 1.82) is 0 Å². The number of fused-ring (bicyclic) bond motifs is 1. The van der Waals surface area contributed by atoms with E-state index in [-0.39, 0.29) is 6.10 Å². The van der Waals surface area contributed by atoms with E-state index in [1.165, 1.54) is 0 Å². The highest BCUT2D eigenvalue weighted by atomic mass is 79.9. The first-order valence-electron chi connectivity index (χ1n) is 4.41. The third-order valence-corrected chi connectivity index (χ3v) is 2.84. The Morgan fingerprint density at radius 1 is 1.54 bits per heavy atom. The van der Waals surface area contributed by atoms with Crippen molar-refractivity contribution < 1.29 is 5.11 Å². The standard InChI is InChI=1S/C10H12BrNO/c1-6-4-10(13)8-5-7(11)2-3-9(8)12-6/h2-3,5-6,10,12-13H,4H2,1H3/t6-,10+/m1/s1. The summed E-state index contributed by atoms with van der Waals surface area (Å²) >= 11 is 3.39. The summed E-state index contributed by atoms with van der Waals surface area (Å²) in [6.45, 7) is 2.08. The molecule has 2 rings (SSSR count). The van der Waals surface area contributed by atoms with Crippen LogP contribution >= 0.6 is 15.9 Å². The minimum Gasteiger partial charge on any atom is -0.388 e. The van der Waals surface area contributed by atoms with E-state index >= 15 is 0 Å². The average molecular weight is 242 g/mol. The van der Waals surface area contributed by atoms with Gasteiger partial charge in [-0.1, -0.05) is 15.9 Å². The van der Waals surface area contributed by atoms with E-state index < -0.39 is 0 Å². The molecule has 2 nitrogen and oxygen atoms in total. The predicted octanol–water partition coefficient (Wildman–Crippen LogP) is 2.69. The van der Waals surface area contributed by atoms with Crippen LogP contribution in [0.5, 0.6) is 0 Å². The maximum atomic E-state index is 9.80. The lowest BCUT2D eigenvalue weighted by atomic mass is 9.96. The molecule has 2 atom stereocenters. The van der Waals surface area contributed by atoms with Crippen LogP contribution in [0.15, 0.2) is 22.7 Å². The van der Waals surface area contributed by atoms with Gasteiger partial charge >= 0.3 is 0 Å². The first-order chi connectivity index (χ1) is 6.16. The van der Waals surface area contributed by atoms with Gasteiger partial charge in [0.05, 0.1) is 6.10 Å². The van der Waals surface area contributed by atoms with Crippen molar-refractivity contribution >= 4 is 21.6 Å². The van der Waals surface area contributed by atoms with Gasteiger partial charge in [0.15, 0.2) is 0 Å². The number of anilines is 1. The number of benzene rings is 1. The van der Waals surface area contributed by atoms with Crippen molar-refractivity contribution in [3.05, 3.63) is 28.2 Å². The molecule has 0 radical (unpaired) electrons. The fourth-order valence-corrected chi connectivity index (χ4v) is 2.11. The van der Waals surface area contributed by atoms with Crippen LogP contribution < -0.4 is 5.32 Å². The molecule has 0 saturated heterocycles. The van der Waals surface area contributed by atoms with E-state index in [0.717, 1.165) is 22.1 Å². The fraction of sp³-hybridized carbons (Fsp3) is 0.400. The van der Waals surface area contributed by atoms with Gasteiger partial charge in [-0.05, 0) is 31.5 Å². The van der Waals surface area contributed by atoms with Gasteiger partial charge in [0, 0.05) is 21.8 Å². The second kappa shape index (κ2) is 3.31. The second-order valence-electron chi connectivity index (χ2n) is 3.53. The Hall–Kier alpha value is -0.540. The number of rotatable bonds is 0. The first-order valence-corrected chi connectivity index (χ1v) is 5.20. The van der Waals surface area contributed by atoms with Gasteiger partial charge in [-0.15, -0.1) is 0 Å². The van der Waals surface area contributed by atoms with Crippen molar-refractivity contribution in [1.82, 2.24) is 0 Å². The normalized spacial score (nSPS) is 26.4. The van der Waals surface area contributed by atoms with Gasteiger partial charge in [0.25, 0.3) is 0 Å². The monoisotopic (exact) mass is 241 g/mol. The van der Waals surface area contributed by atoms with E-state index in [4.69, 9.17) is 0 Å². The topological polar surface area (TPSA) is 32.3 Å². The van der Waals surface area contributed by atoms with Crippen LogP contribution in [0.2, 0.25) is 0 Å². The van der Waals surface area contributed by atoms with Crippen LogP contribution in [-0.2, 0) is 0 Å². The summed E-state index contributed by atoms with van der Waals surface area (Å²) in [5, 5.41) is 13.1. The smallest absolute Gasteiger partial charge is 0.0829 e. The zero-order valence-corrected chi connectivity index (χ0v) is 9.01. The molecule has 1 aliphatic heterocycles. The van der Waals surface area contributed by atoms with Gasteiger partial charge in [0.2, 0.25) is 0 Å². The molecular weight excluding hydrogens is 230 g/mol. The van der Waals surface area contributed by atoms with Crippen LogP contribution in [0.25, 0.3) is 0 Å². The summed E-state index contributed by atoms with van der Waals surface area (Å²) in [6, 6.07) is 6.30. The molecule has 70 valence electrons. The van der Waals surface area contributed by atoms with E-state index in [0.29, 0.717) is 6.04 Å². The lowest BCUT2D eigenvalue weighted by Crippen LogP contribution is -2.25. The molecule has 1 aromatic carbocycles. The summed E-state index contributed by atoms with van der Waals surface area (Å²) in [4.78, 5) is 0. The Labute approximate surface area is 86.1 Å². The molecule has 13 heavy (non-hydrogen) atoms. The van der Waals surface area contributed by atoms with Crippen LogP contribution in [0.4, 0.5) is 5.69 Å². The second-order valence-corrected chi connectivity index (χ2v) is 4.44. The lowest BCUT2D eigenvalue weighted by Gasteiger charge is -2.28. The Balaban J connectivity index is 2.43. The number of aliphatic hydroxyl groups is 1. The highest BCUT2D eigenvalue weighted by Gasteiger charge is 2.21. The number of nitrogens with one attached hydrogen (secondary N) is 1. The first kappa shape index (κ1) is 9.03. The average Bonchev–Trinajstić information content (AvgIpc) is 2.06. The van der Waals surface area contributed by atoms with Crippen LogP contribution in [0.1, 0.15) is 25.0 Å². The quantitative estimate of drug-likeness (QED) is 0.733. The number of hydrogen-bond acceptors (Lipinski definition) is 2.